The third-order valence-electron chi connectivity index (χ3n) is 11.9. The Hall–Kier alpha value is -1.36. The predicted octanol–water partition coefficient (Wildman–Crippen LogP) is 1.78. The van der Waals surface area contributed by atoms with Crippen LogP contribution in [0, 0.1) is 28.6 Å². The molecule has 212 valence electrons. The van der Waals surface area contributed by atoms with Crippen molar-refractivity contribution in [1.82, 2.24) is 0 Å². The van der Waals surface area contributed by atoms with Gasteiger partial charge in [0.2, 0.25) is 0 Å². The molecule has 0 bridgehead atoms. The zero-order chi connectivity index (χ0) is 27.1. The number of hydrogen-bond donors (Lipinski definition) is 4. The van der Waals surface area contributed by atoms with Crippen LogP contribution in [0.25, 0.3) is 0 Å². The van der Waals surface area contributed by atoms with E-state index in [-0.39, 0.29) is 36.2 Å². The Labute approximate surface area is 223 Å². The molecule has 9 unspecified atom stereocenters. The number of esters is 1. The van der Waals surface area contributed by atoms with Gasteiger partial charge in [-0.15, -0.1) is 0 Å². The van der Waals surface area contributed by atoms with Gasteiger partial charge in [0, 0.05) is 24.3 Å². The Morgan fingerprint density at radius 1 is 1.05 bits per heavy atom. The molecule has 6 aliphatic rings. The van der Waals surface area contributed by atoms with Gasteiger partial charge in [-0.2, -0.15) is 0 Å². The van der Waals surface area contributed by atoms with Crippen LogP contribution in [-0.2, 0) is 23.8 Å². The summed E-state index contributed by atoms with van der Waals surface area (Å²) in [7, 11) is 0. The Morgan fingerprint density at radius 3 is 2.50 bits per heavy atom. The van der Waals surface area contributed by atoms with Crippen molar-refractivity contribution in [3.05, 3.63) is 11.6 Å². The second kappa shape index (κ2) is 9.08. The first-order valence-electron chi connectivity index (χ1n) is 14.4. The number of carbonyl (C=O) groups excluding carboxylic acids is 2. The first-order valence-corrected chi connectivity index (χ1v) is 14.4. The van der Waals surface area contributed by atoms with E-state index < -0.39 is 46.6 Å². The van der Waals surface area contributed by atoms with E-state index >= 15 is 0 Å². The molecule has 4 N–H and O–H groups in total. The molecule has 4 aliphatic carbocycles. The highest BCUT2D eigenvalue weighted by Crippen LogP contribution is 2.70. The number of aliphatic hydroxyl groups excluding tert-OH is 2. The van der Waals surface area contributed by atoms with Crippen molar-refractivity contribution in [2.75, 3.05) is 6.61 Å². The van der Waals surface area contributed by atoms with E-state index in [1.54, 1.807) is 13.0 Å². The smallest absolute Gasteiger partial charge is 0.331 e. The molecule has 0 amide bonds. The maximum atomic E-state index is 12.9. The zero-order valence-corrected chi connectivity index (χ0v) is 22.4. The average Bonchev–Trinajstić information content (AvgIpc) is 3.41. The fourth-order valence-corrected chi connectivity index (χ4v) is 9.76. The minimum absolute atomic E-state index is 0.0729. The standard InChI is InChI=1S/C29H42O9/c1-16-25(33)22(31)12-24(37-16)38-18-3-8-27(15-30)20-4-7-26(2)19(17-11-23(32)36-14-17)6-10-29(26,35)21(20)5-9-28(27,34)13-18/h11,15-16,18-22,24-25,31,33-35H,3-10,12-14H2,1-2H3/t16?,18?,19-,20-,21?,22?,24?,25?,26?,27-,28?,29?/m0/s1. The van der Waals surface area contributed by atoms with Gasteiger partial charge in [0.05, 0.1) is 34.9 Å². The van der Waals surface area contributed by atoms with E-state index in [0.717, 1.165) is 31.1 Å². The summed E-state index contributed by atoms with van der Waals surface area (Å²) >= 11 is 0. The van der Waals surface area contributed by atoms with Crippen LogP contribution in [-0.4, -0.2) is 81.2 Å². The molecular formula is C29H42O9. The maximum absolute atomic E-state index is 12.9. The van der Waals surface area contributed by atoms with Gasteiger partial charge in [-0.25, -0.2) is 4.79 Å². The third-order valence-corrected chi connectivity index (χ3v) is 11.9. The van der Waals surface area contributed by atoms with Crippen molar-refractivity contribution < 1.29 is 44.2 Å². The third kappa shape index (κ3) is 3.65. The lowest BCUT2D eigenvalue weighted by Gasteiger charge is -2.65. The van der Waals surface area contributed by atoms with Crippen molar-refractivity contribution >= 4 is 12.3 Å². The van der Waals surface area contributed by atoms with Crippen molar-refractivity contribution in [1.29, 1.82) is 0 Å². The number of carbonyl (C=O) groups is 2. The van der Waals surface area contributed by atoms with Gasteiger partial charge in [0.1, 0.15) is 19.0 Å². The monoisotopic (exact) mass is 534 g/mol. The molecule has 1 saturated heterocycles. The summed E-state index contributed by atoms with van der Waals surface area (Å²) in [5.74, 6) is -0.473. The molecule has 2 aliphatic heterocycles. The minimum atomic E-state index is -1.24. The number of hydrogen-bond acceptors (Lipinski definition) is 9. The van der Waals surface area contributed by atoms with Gasteiger partial charge in [-0.1, -0.05) is 6.92 Å². The van der Waals surface area contributed by atoms with Gasteiger partial charge < -0.3 is 39.4 Å². The zero-order valence-electron chi connectivity index (χ0n) is 22.4. The van der Waals surface area contributed by atoms with Crippen LogP contribution in [0.4, 0.5) is 0 Å². The molecule has 0 spiro atoms. The topological polar surface area (TPSA) is 143 Å². The summed E-state index contributed by atoms with van der Waals surface area (Å²) in [6.45, 7) is 4.13. The molecule has 0 radical (unpaired) electrons. The molecule has 2 heterocycles. The summed E-state index contributed by atoms with van der Waals surface area (Å²) in [5, 5.41) is 44.6. The average molecular weight is 535 g/mol. The molecule has 0 aromatic carbocycles. The Balaban J connectivity index is 1.22. The molecule has 12 atom stereocenters. The fraction of sp³-hybridized carbons (Fsp3) is 0.862. The summed E-state index contributed by atoms with van der Waals surface area (Å²) < 4.78 is 17.1. The molecule has 9 nitrogen and oxygen atoms in total. The Kier molecular flexibility index (Phi) is 6.41. The largest absolute Gasteiger partial charge is 0.458 e. The minimum Gasteiger partial charge on any atom is -0.458 e. The predicted molar refractivity (Wildman–Crippen MR) is 133 cm³/mol. The van der Waals surface area contributed by atoms with E-state index in [0.29, 0.717) is 45.1 Å². The van der Waals surface area contributed by atoms with Gasteiger partial charge in [-0.3, -0.25) is 0 Å². The summed E-state index contributed by atoms with van der Waals surface area (Å²) in [4.78, 5) is 24.7. The molecule has 9 heteroatoms. The van der Waals surface area contributed by atoms with Crippen LogP contribution in [0.2, 0.25) is 0 Å². The van der Waals surface area contributed by atoms with Gasteiger partial charge in [-0.05, 0) is 81.6 Å². The fourth-order valence-electron chi connectivity index (χ4n) is 9.76. The van der Waals surface area contributed by atoms with Crippen LogP contribution in [0.3, 0.4) is 0 Å². The highest BCUT2D eigenvalue weighted by Gasteiger charge is 2.71. The second-order valence-corrected chi connectivity index (χ2v) is 13.3. The van der Waals surface area contributed by atoms with Crippen LogP contribution < -0.4 is 0 Å². The highest BCUT2D eigenvalue weighted by molar-refractivity contribution is 5.85. The number of cyclic esters (lactones) is 1. The van der Waals surface area contributed by atoms with E-state index in [1.165, 1.54) is 0 Å². The Bertz CT molecular complexity index is 1000. The van der Waals surface area contributed by atoms with Gasteiger partial charge in [0.25, 0.3) is 0 Å². The first kappa shape index (κ1) is 26.8. The van der Waals surface area contributed by atoms with E-state index in [1.807, 2.05) is 0 Å². The van der Waals surface area contributed by atoms with Gasteiger partial charge in [0.15, 0.2) is 6.29 Å². The summed E-state index contributed by atoms with van der Waals surface area (Å²) in [6, 6.07) is 0. The number of fused-ring (bicyclic) bond motifs is 5. The number of ether oxygens (including phenoxy) is 3. The molecule has 38 heavy (non-hydrogen) atoms. The lowest BCUT2D eigenvalue weighted by molar-refractivity contribution is -0.286. The lowest BCUT2D eigenvalue weighted by atomic mass is 9.41. The highest BCUT2D eigenvalue weighted by atomic mass is 16.7. The van der Waals surface area contributed by atoms with Gasteiger partial charge >= 0.3 is 5.97 Å². The van der Waals surface area contributed by atoms with E-state index in [9.17, 15) is 30.0 Å². The normalized spacial score (nSPS) is 54.4. The Morgan fingerprint density at radius 2 is 1.82 bits per heavy atom. The lowest BCUT2D eigenvalue weighted by Crippen LogP contribution is -2.69. The van der Waals surface area contributed by atoms with Crippen molar-refractivity contribution in [3.8, 4) is 0 Å². The second-order valence-electron chi connectivity index (χ2n) is 13.3. The van der Waals surface area contributed by atoms with Crippen LogP contribution in [0.15, 0.2) is 11.6 Å². The maximum Gasteiger partial charge on any atom is 0.331 e. The summed E-state index contributed by atoms with van der Waals surface area (Å²) in [5.41, 5.74) is -2.60. The SMILES string of the molecule is CC1OC(OC2CC[C@]3(C=O)[C@H]4CCC5(C)[C@H](C6=CC(=O)OC6)CCC5(O)C4CCC3(O)C2)CC(O)C1O. The van der Waals surface area contributed by atoms with Crippen LogP contribution >= 0.6 is 0 Å². The molecular weight excluding hydrogens is 492 g/mol. The quantitative estimate of drug-likeness (QED) is 0.241. The van der Waals surface area contributed by atoms with E-state index in [4.69, 9.17) is 14.2 Å². The number of aliphatic hydroxyl groups is 4. The molecule has 6 rings (SSSR count). The van der Waals surface area contributed by atoms with E-state index in [2.05, 4.69) is 6.92 Å². The number of aldehydes is 1. The van der Waals surface area contributed by atoms with Crippen molar-refractivity contribution in [3.63, 3.8) is 0 Å². The number of rotatable bonds is 4. The van der Waals surface area contributed by atoms with Crippen LogP contribution in [0.1, 0.15) is 78.1 Å². The van der Waals surface area contributed by atoms with Crippen molar-refractivity contribution in [2.24, 2.45) is 28.6 Å². The van der Waals surface area contributed by atoms with Crippen LogP contribution in [0.5, 0.6) is 0 Å². The van der Waals surface area contributed by atoms with Crippen molar-refractivity contribution in [2.45, 2.75) is 120 Å². The first-order chi connectivity index (χ1) is 18.0. The molecule has 0 aromatic rings. The summed E-state index contributed by atoms with van der Waals surface area (Å²) in [6.07, 6.45) is 4.50. The molecule has 5 fully saturated rings. The molecule has 4 saturated carbocycles. The molecule has 0 aromatic heterocycles.